The standard InChI is InChI=1S/C29H24F2N4O3/c30-25-6-3-18(13-26(25)31)17-35-29(37)23-2-1-8-33-28(23)34-10-11-38-21-4-5-22-20(14-21)15-27(36)24(22)12-19-7-9-32-16-19/h1-6,8-9,12-14,16H,7,10-11,15,17H2,(H,33,34)(H,35,37)/b24-12-. The van der Waals surface area contributed by atoms with Crippen LogP contribution in [-0.2, 0) is 17.8 Å². The van der Waals surface area contributed by atoms with Crippen molar-refractivity contribution in [2.45, 2.75) is 19.4 Å². The Morgan fingerprint density at radius 1 is 1.11 bits per heavy atom. The number of carbonyl (C=O) groups excluding carboxylic acids is 2. The molecule has 5 rings (SSSR count). The first-order chi connectivity index (χ1) is 18.5. The van der Waals surface area contributed by atoms with Gasteiger partial charge in [-0.25, -0.2) is 13.8 Å². The fraction of sp³-hybridized carbons (Fsp3) is 0.172. The topological polar surface area (TPSA) is 92.7 Å². The zero-order valence-corrected chi connectivity index (χ0v) is 20.3. The minimum absolute atomic E-state index is 0.0383. The molecule has 2 N–H and O–H groups in total. The second-order valence-electron chi connectivity index (χ2n) is 8.82. The highest BCUT2D eigenvalue weighted by atomic mass is 19.2. The first-order valence-corrected chi connectivity index (χ1v) is 12.1. The normalized spacial score (nSPS) is 14.9. The summed E-state index contributed by atoms with van der Waals surface area (Å²) in [5.74, 6) is -1.21. The van der Waals surface area contributed by atoms with Crippen molar-refractivity contribution in [1.29, 1.82) is 0 Å². The van der Waals surface area contributed by atoms with Crippen molar-refractivity contribution in [2.24, 2.45) is 4.99 Å². The van der Waals surface area contributed by atoms with E-state index in [1.54, 1.807) is 24.5 Å². The summed E-state index contributed by atoms with van der Waals surface area (Å²) in [6, 6.07) is 12.3. The maximum atomic E-state index is 13.4. The van der Waals surface area contributed by atoms with Gasteiger partial charge in [0.25, 0.3) is 5.91 Å². The Morgan fingerprint density at radius 2 is 2.00 bits per heavy atom. The van der Waals surface area contributed by atoms with E-state index in [9.17, 15) is 18.4 Å². The molecule has 0 saturated carbocycles. The number of rotatable bonds is 9. The number of Topliss-reactive ketones (excluding diaryl/α,β-unsaturated/α-hetero) is 1. The van der Waals surface area contributed by atoms with E-state index in [1.165, 1.54) is 6.07 Å². The number of nitrogens with one attached hydrogen (secondary N) is 2. The van der Waals surface area contributed by atoms with Crippen LogP contribution in [0.2, 0.25) is 0 Å². The van der Waals surface area contributed by atoms with Gasteiger partial charge in [-0.15, -0.1) is 0 Å². The van der Waals surface area contributed by atoms with Crippen molar-refractivity contribution in [2.75, 3.05) is 18.5 Å². The van der Waals surface area contributed by atoms with Crippen molar-refractivity contribution < 1.29 is 23.1 Å². The van der Waals surface area contributed by atoms with Crippen molar-refractivity contribution in [1.82, 2.24) is 10.3 Å². The van der Waals surface area contributed by atoms with E-state index < -0.39 is 17.5 Å². The predicted molar refractivity (Wildman–Crippen MR) is 140 cm³/mol. The van der Waals surface area contributed by atoms with Crippen LogP contribution in [-0.4, -0.2) is 36.0 Å². The maximum absolute atomic E-state index is 13.4. The molecule has 0 spiro atoms. The van der Waals surface area contributed by atoms with Crippen molar-refractivity contribution in [3.05, 3.63) is 106 Å². The number of aromatic nitrogens is 1. The number of pyridine rings is 1. The van der Waals surface area contributed by atoms with Crippen LogP contribution in [0, 0.1) is 11.6 Å². The third kappa shape index (κ3) is 5.67. The molecule has 0 atom stereocenters. The number of amides is 1. The van der Waals surface area contributed by atoms with Gasteiger partial charge in [-0.3, -0.25) is 14.6 Å². The SMILES string of the molecule is O=C1Cc2cc(OCCNc3ncccc3C(=O)NCc3ccc(F)c(F)c3)ccc2/C1=C/C1=CN=CC1. The van der Waals surface area contributed by atoms with E-state index in [0.717, 1.165) is 35.3 Å². The number of aliphatic imine (C=N–C) groups is 1. The van der Waals surface area contributed by atoms with Gasteiger partial charge in [0, 0.05) is 43.6 Å². The molecule has 0 saturated heterocycles. The Balaban J connectivity index is 1.15. The molecular weight excluding hydrogens is 490 g/mol. The Hall–Kier alpha value is -4.66. The number of hydrogen-bond donors (Lipinski definition) is 2. The Labute approximate surface area is 218 Å². The fourth-order valence-corrected chi connectivity index (χ4v) is 4.28. The number of fused-ring (bicyclic) bond motifs is 1. The van der Waals surface area contributed by atoms with Gasteiger partial charge in [0.05, 0.1) is 12.1 Å². The van der Waals surface area contributed by atoms with Crippen molar-refractivity contribution in [3.63, 3.8) is 0 Å². The molecule has 7 nitrogen and oxygen atoms in total. The number of allylic oxidation sites excluding steroid dienone is 3. The zero-order valence-electron chi connectivity index (χ0n) is 20.3. The van der Waals surface area contributed by atoms with Crippen molar-refractivity contribution >= 4 is 29.3 Å². The van der Waals surface area contributed by atoms with Gasteiger partial charge < -0.3 is 15.4 Å². The summed E-state index contributed by atoms with van der Waals surface area (Å²) in [5.41, 5.74) is 4.31. The molecule has 38 heavy (non-hydrogen) atoms. The number of benzene rings is 2. The van der Waals surface area contributed by atoms with Crippen LogP contribution < -0.4 is 15.4 Å². The lowest BCUT2D eigenvalue weighted by Crippen LogP contribution is -2.25. The van der Waals surface area contributed by atoms with Crippen LogP contribution in [0.15, 0.2) is 77.6 Å². The fourth-order valence-electron chi connectivity index (χ4n) is 4.28. The molecular formula is C29H24F2N4O3. The molecule has 0 fully saturated rings. The molecule has 1 aromatic heterocycles. The highest BCUT2D eigenvalue weighted by Crippen LogP contribution is 2.33. The highest BCUT2D eigenvalue weighted by molar-refractivity contribution is 6.26. The third-order valence-corrected chi connectivity index (χ3v) is 6.17. The van der Waals surface area contributed by atoms with E-state index in [0.29, 0.717) is 47.8 Å². The molecule has 2 heterocycles. The van der Waals surface area contributed by atoms with Gasteiger partial charge >= 0.3 is 0 Å². The van der Waals surface area contributed by atoms with E-state index in [-0.39, 0.29) is 12.3 Å². The summed E-state index contributed by atoms with van der Waals surface area (Å²) in [4.78, 5) is 33.5. The van der Waals surface area contributed by atoms with E-state index in [2.05, 4.69) is 20.6 Å². The predicted octanol–water partition coefficient (Wildman–Crippen LogP) is 4.65. The van der Waals surface area contributed by atoms with Crippen LogP contribution in [0.5, 0.6) is 5.75 Å². The smallest absolute Gasteiger partial charge is 0.255 e. The quantitative estimate of drug-likeness (QED) is 0.320. The van der Waals surface area contributed by atoms with Crippen LogP contribution >= 0.6 is 0 Å². The summed E-state index contributed by atoms with van der Waals surface area (Å²) in [5, 5.41) is 5.79. The van der Waals surface area contributed by atoms with Gasteiger partial charge in [-0.1, -0.05) is 12.1 Å². The average Bonchev–Trinajstić information content (AvgIpc) is 3.55. The zero-order chi connectivity index (χ0) is 26.5. The first kappa shape index (κ1) is 25.0. The lowest BCUT2D eigenvalue weighted by atomic mass is 10.0. The molecule has 9 heteroatoms. The number of hydrogen-bond acceptors (Lipinski definition) is 6. The van der Waals surface area contributed by atoms with Gasteiger partial charge in [0.1, 0.15) is 18.2 Å². The molecule has 0 unspecified atom stereocenters. The average molecular weight is 515 g/mol. The van der Waals surface area contributed by atoms with E-state index >= 15 is 0 Å². The van der Waals surface area contributed by atoms with Crippen molar-refractivity contribution in [3.8, 4) is 5.75 Å². The third-order valence-electron chi connectivity index (χ3n) is 6.17. The molecule has 0 bridgehead atoms. The van der Waals surface area contributed by atoms with Crippen LogP contribution in [0.25, 0.3) is 5.57 Å². The molecule has 2 aromatic carbocycles. The lowest BCUT2D eigenvalue weighted by molar-refractivity contribution is -0.112. The minimum Gasteiger partial charge on any atom is -0.492 e. The number of anilines is 1. The molecule has 1 aliphatic carbocycles. The number of nitrogens with zero attached hydrogens (tertiary/aromatic N) is 2. The number of carbonyl (C=O) groups is 2. The van der Waals surface area contributed by atoms with E-state index in [1.807, 2.05) is 30.5 Å². The van der Waals surface area contributed by atoms with Gasteiger partial charge in [0.15, 0.2) is 17.4 Å². The number of ether oxygens (including phenoxy) is 1. The number of ketones is 1. The Kier molecular flexibility index (Phi) is 7.35. The highest BCUT2D eigenvalue weighted by Gasteiger charge is 2.25. The molecule has 0 radical (unpaired) electrons. The van der Waals surface area contributed by atoms with Gasteiger partial charge in [-0.05, 0) is 64.7 Å². The molecule has 3 aromatic rings. The van der Waals surface area contributed by atoms with Crippen LogP contribution in [0.3, 0.4) is 0 Å². The maximum Gasteiger partial charge on any atom is 0.255 e. The molecule has 192 valence electrons. The second-order valence-corrected chi connectivity index (χ2v) is 8.82. The van der Waals surface area contributed by atoms with Gasteiger partial charge in [0.2, 0.25) is 0 Å². The molecule has 1 aliphatic heterocycles. The first-order valence-electron chi connectivity index (χ1n) is 12.1. The summed E-state index contributed by atoms with van der Waals surface area (Å²) in [7, 11) is 0. The summed E-state index contributed by atoms with van der Waals surface area (Å²) < 4.78 is 32.4. The van der Waals surface area contributed by atoms with E-state index in [4.69, 9.17) is 4.74 Å². The molecule has 1 amide bonds. The Morgan fingerprint density at radius 3 is 2.82 bits per heavy atom. The van der Waals surface area contributed by atoms with Crippen LogP contribution in [0.1, 0.15) is 33.5 Å². The second kappa shape index (κ2) is 11.2. The Bertz CT molecular complexity index is 1500. The summed E-state index contributed by atoms with van der Waals surface area (Å²) in [6.07, 6.45) is 8.12. The lowest BCUT2D eigenvalue weighted by Gasteiger charge is -2.12. The number of halogens is 2. The summed E-state index contributed by atoms with van der Waals surface area (Å²) >= 11 is 0. The van der Waals surface area contributed by atoms with Crippen LogP contribution in [0.4, 0.5) is 14.6 Å². The largest absolute Gasteiger partial charge is 0.492 e. The molecule has 2 aliphatic rings. The summed E-state index contributed by atoms with van der Waals surface area (Å²) in [6.45, 7) is 0.707. The monoisotopic (exact) mass is 514 g/mol. The van der Waals surface area contributed by atoms with Gasteiger partial charge in [-0.2, -0.15) is 0 Å². The minimum atomic E-state index is -0.968.